The lowest BCUT2D eigenvalue weighted by molar-refractivity contribution is 0.417. The number of rotatable bonds is 10. The molecule has 8 heteroatoms. The van der Waals surface area contributed by atoms with Gasteiger partial charge < -0.3 is 0 Å². The molecule has 0 N–H and O–H groups in total. The van der Waals surface area contributed by atoms with Crippen molar-refractivity contribution in [3.63, 3.8) is 0 Å². The largest absolute Gasteiger partial charge is 0.214 e. The van der Waals surface area contributed by atoms with Crippen molar-refractivity contribution in [2.24, 2.45) is 0 Å². The van der Waals surface area contributed by atoms with Crippen LogP contribution < -0.4 is 0 Å². The van der Waals surface area contributed by atoms with Gasteiger partial charge in [-0.1, -0.05) is 13.8 Å². The van der Waals surface area contributed by atoms with E-state index < -0.39 is 20.0 Å². The van der Waals surface area contributed by atoms with Crippen LogP contribution in [-0.4, -0.2) is 62.1 Å². The molecule has 0 spiro atoms. The Bertz CT molecular complexity index is 501. The molecule has 0 amide bonds. The minimum absolute atomic E-state index is 0.0706. The Balaban J connectivity index is 1.87. The van der Waals surface area contributed by atoms with E-state index in [4.69, 9.17) is 0 Å². The molecule has 0 aromatic heterocycles. The van der Waals surface area contributed by atoms with Crippen LogP contribution in [0.3, 0.4) is 0 Å². The highest BCUT2D eigenvalue weighted by molar-refractivity contribution is 7.90. The molecule has 0 radical (unpaired) electrons. The van der Waals surface area contributed by atoms with Gasteiger partial charge in [0.05, 0.1) is 11.5 Å². The van der Waals surface area contributed by atoms with Gasteiger partial charge in [0.1, 0.15) is 0 Å². The number of hydrogen-bond acceptors (Lipinski definition) is 4. The number of hydrogen-bond donors (Lipinski definition) is 0. The van der Waals surface area contributed by atoms with E-state index in [0.717, 1.165) is 25.7 Å². The van der Waals surface area contributed by atoms with Crippen molar-refractivity contribution < 1.29 is 16.8 Å². The molecular weight excluding hydrogens is 312 g/mol. The van der Waals surface area contributed by atoms with E-state index in [1.807, 2.05) is 13.8 Å². The fourth-order valence-electron chi connectivity index (χ4n) is 2.75. The average Bonchev–Trinajstić information content (AvgIpc) is 3.23. The van der Waals surface area contributed by atoms with E-state index in [1.165, 1.54) is 8.61 Å². The van der Waals surface area contributed by atoms with E-state index >= 15 is 0 Å². The molecule has 2 saturated carbocycles. The molecule has 0 bridgehead atoms. The van der Waals surface area contributed by atoms with Crippen LogP contribution in [0.25, 0.3) is 0 Å². The van der Waals surface area contributed by atoms with Crippen LogP contribution in [0.2, 0.25) is 0 Å². The van der Waals surface area contributed by atoms with Crippen LogP contribution in [0.15, 0.2) is 0 Å². The number of nitrogens with zero attached hydrogens (tertiary/aromatic N) is 2. The normalized spacial score (nSPS) is 20.4. The fourth-order valence-corrected chi connectivity index (χ4v) is 6.53. The molecule has 21 heavy (non-hydrogen) atoms. The molecule has 0 atom stereocenters. The molecule has 0 heterocycles. The highest BCUT2D eigenvalue weighted by Crippen LogP contribution is 2.30. The van der Waals surface area contributed by atoms with E-state index in [-0.39, 0.29) is 30.0 Å². The summed E-state index contributed by atoms with van der Waals surface area (Å²) in [5.41, 5.74) is 0. The molecule has 0 unspecified atom stereocenters. The zero-order valence-corrected chi connectivity index (χ0v) is 14.5. The summed E-state index contributed by atoms with van der Waals surface area (Å²) in [4.78, 5) is 0. The quantitative estimate of drug-likeness (QED) is 0.596. The predicted octanol–water partition coefficient (Wildman–Crippen LogP) is 1.00. The van der Waals surface area contributed by atoms with Crippen molar-refractivity contribution in [1.82, 2.24) is 8.61 Å². The highest BCUT2D eigenvalue weighted by atomic mass is 32.2. The standard InChI is InChI=1S/C13H26N2O4S2/c1-3-14(12-6-7-12)20(16,17)10-5-11-21(18,19)15(4-2)13-8-9-13/h12-13H,3-11H2,1-2H3. The Morgan fingerprint density at radius 1 is 0.762 bits per heavy atom. The fraction of sp³-hybridized carbons (Fsp3) is 1.00. The van der Waals surface area contributed by atoms with Gasteiger partial charge in [-0.3, -0.25) is 0 Å². The smallest absolute Gasteiger partial charge is 0.212 e. The van der Waals surface area contributed by atoms with Crippen molar-refractivity contribution in [3.05, 3.63) is 0 Å². The molecule has 0 aliphatic heterocycles. The van der Waals surface area contributed by atoms with E-state index in [2.05, 4.69) is 0 Å². The maximum absolute atomic E-state index is 12.2. The summed E-state index contributed by atoms with van der Waals surface area (Å²) in [6.45, 7) is 4.61. The third kappa shape index (κ3) is 4.40. The number of sulfonamides is 2. The summed E-state index contributed by atoms with van der Waals surface area (Å²) in [5.74, 6) is -0.141. The van der Waals surface area contributed by atoms with Crippen LogP contribution in [0, 0.1) is 0 Å². The summed E-state index contributed by atoms with van der Waals surface area (Å²) in [6.07, 6.45) is 3.89. The molecule has 2 fully saturated rings. The molecule has 0 saturated heterocycles. The van der Waals surface area contributed by atoms with Gasteiger partial charge in [-0.25, -0.2) is 16.8 Å². The van der Waals surface area contributed by atoms with Gasteiger partial charge >= 0.3 is 0 Å². The Hall–Kier alpha value is -0.180. The maximum Gasteiger partial charge on any atom is 0.214 e. The van der Waals surface area contributed by atoms with Gasteiger partial charge in [0.2, 0.25) is 20.0 Å². The van der Waals surface area contributed by atoms with Crippen LogP contribution in [0.4, 0.5) is 0 Å². The van der Waals surface area contributed by atoms with Crippen LogP contribution >= 0.6 is 0 Å². The van der Waals surface area contributed by atoms with Gasteiger partial charge in [0, 0.05) is 25.2 Å². The maximum atomic E-state index is 12.2. The molecule has 2 aliphatic rings. The van der Waals surface area contributed by atoms with E-state index in [0.29, 0.717) is 13.1 Å². The van der Waals surface area contributed by atoms with Crippen LogP contribution in [0.5, 0.6) is 0 Å². The van der Waals surface area contributed by atoms with Crippen molar-refractivity contribution >= 4 is 20.0 Å². The zero-order valence-electron chi connectivity index (χ0n) is 12.9. The Kier molecular flexibility index (Phi) is 5.33. The molecule has 2 rings (SSSR count). The molecule has 6 nitrogen and oxygen atoms in total. The molecule has 2 aliphatic carbocycles. The van der Waals surface area contributed by atoms with Crippen molar-refractivity contribution in [1.29, 1.82) is 0 Å². The Morgan fingerprint density at radius 3 is 1.33 bits per heavy atom. The van der Waals surface area contributed by atoms with Crippen molar-refractivity contribution in [2.45, 2.75) is 58.0 Å². The Labute approximate surface area is 128 Å². The first-order chi connectivity index (χ1) is 9.81. The Morgan fingerprint density at radius 2 is 1.10 bits per heavy atom. The SMILES string of the molecule is CCN(C1CC1)S(=O)(=O)CCCS(=O)(=O)N(CC)C1CC1. The van der Waals surface area contributed by atoms with Crippen molar-refractivity contribution in [2.75, 3.05) is 24.6 Å². The third-order valence-corrected chi connectivity index (χ3v) is 8.20. The topological polar surface area (TPSA) is 74.8 Å². The van der Waals surface area contributed by atoms with Gasteiger partial charge in [0.25, 0.3) is 0 Å². The predicted molar refractivity (Wildman–Crippen MR) is 83.0 cm³/mol. The van der Waals surface area contributed by atoms with Crippen LogP contribution in [-0.2, 0) is 20.0 Å². The summed E-state index contributed by atoms with van der Waals surface area (Å²) >= 11 is 0. The summed E-state index contributed by atoms with van der Waals surface area (Å²) in [7, 11) is -6.64. The van der Waals surface area contributed by atoms with Gasteiger partial charge in [0.15, 0.2) is 0 Å². The average molecular weight is 338 g/mol. The second-order valence-electron chi connectivity index (χ2n) is 5.85. The summed E-state index contributed by atoms with van der Waals surface area (Å²) in [5, 5.41) is 0. The second-order valence-corrected chi connectivity index (χ2v) is 9.94. The minimum atomic E-state index is -3.32. The van der Waals surface area contributed by atoms with Crippen molar-refractivity contribution in [3.8, 4) is 0 Å². The third-order valence-electron chi connectivity index (χ3n) is 4.05. The first-order valence-corrected chi connectivity index (χ1v) is 11.0. The van der Waals surface area contributed by atoms with Gasteiger partial charge in [-0.05, 0) is 32.1 Å². The lowest BCUT2D eigenvalue weighted by Gasteiger charge is -2.22. The zero-order chi connectivity index (χ0) is 15.7. The molecule has 0 aromatic carbocycles. The van der Waals surface area contributed by atoms with E-state index in [9.17, 15) is 16.8 Å². The highest BCUT2D eigenvalue weighted by Gasteiger charge is 2.37. The lowest BCUT2D eigenvalue weighted by atomic mass is 10.6. The second kappa shape index (κ2) is 6.52. The van der Waals surface area contributed by atoms with Gasteiger partial charge in [-0.15, -0.1) is 0 Å². The molecular formula is C13H26N2O4S2. The molecule has 0 aromatic rings. The molecule has 124 valence electrons. The lowest BCUT2D eigenvalue weighted by Crippen LogP contribution is -2.37. The van der Waals surface area contributed by atoms with Crippen LogP contribution in [0.1, 0.15) is 46.0 Å². The summed E-state index contributed by atoms with van der Waals surface area (Å²) < 4.78 is 52.0. The first-order valence-electron chi connectivity index (χ1n) is 7.81. The van der Waals surface area contributed by atoms with E-state index in [1.54, 1.807) is 0 Å². The monoisotopic (exact) mass is 338 g/mol. The first kappa shape index (κ1) is 17.2. The van der Waals surface area contributed by atoms with Gasteiger partial charge in [-0.2, -0.15) is 8.61 Å². The minimum Gasteiger partial charge on any atom is -0.212 e. The summed E-state index contributed by atoms with van der Waals surface area (Å²) in [6, 6.07) is 0.297.